The third-order valence-electron chi connectivity index (χ3n) is 1.42. The van der Waals surface area contributed by atoms with Crippen molar-refractivity contribution in [1.82, 2.24) is 0 Å². The molecule has 78 valence electrons. The second kappa shape index (κ2) is 4.80. The van der Waals surface area contributed by atoms with Crippen LogP contribution < -0.4 is 0 Å². The number of furan rings is 1. The molecule has 0 unspecified atom stereocenters. The Balaban J connectivity index is 2.79. The minimum absolute atomic E-state index is 0.103. The Hall–Kier alpha value is -2.30. The van der Waals surface area contributed by atoms with Crippen molar-refractivity contribution in [2.75, 3.05) is 0 Å². The first kappa shape index (κ1) is 10.8. The third kappa shape index (κ3) is 2.57. The molecule has 0 aliphatic heterocycles. The topological polar surface area (TPSA) is 65.7 Å². The van der Waals surface area contributed by atoms with Crippen molar-refractivity contribution in [2.24, 2.45) is 0 Å². The average molecular weight is 208 g/mol. The summed E-state index contributed by atoms with van der Waals surface area (Å²) in [5.74, 6) is -1.50. The van der Waals surface area contributed by atoms with Gasteiger partial charge in [-0.05, 0) is 0 Å². The van der Waals surface area contributed by atoms with Crippen LogP contribution in [0.1, 0.15) is 20.9 Å². The highest BCUT2D eigenvalue weighted by molar-refractivity contribution is 5.94. The fourth-order valence-corrected chi connectivity index (χ4v) is 0.828. The van der Waals surface area contributed by atoms with E-state index >= 15 is 0 Å². The fourth-order valence-electron chi connectivity index (χ4n) is 0.828. The molecule has 1 rings (SSSR count). The number of ether oxygens (including phenoxy) is 2. The molecule has 1 heterocycles. The van der Waals surface area contributed by atoms with Crippen LogP contribution in [0.4, 0.5) is 0 Å². The number of carbonyl (C=O) groups is 2. The molecular weight excluding hydrogens is 200 g/mol. The number of rotatable bonds is 4. The molecule has 0 aliphatic carbocycles. The first-order valence-electron chi connectivity index (χ1n) is 3.91. The van der Waals surface area contributed by atoms with E-state index in [1.165, 1.54) is 6.07 Å². The SMILES string of the molecule is C=COC(=O)c1coc(C(=O)OC=C)c1. The maximum Gasteiger partial charge on any atom is 0.379 e. The lowest BCUT2D eigenvalue weighted by molar-refractivity contribution is 0.0627. The van der Waals surface area contributed by atoms with Crippen molar-refractivity contribution >= 4 is 11.9 Å². The number of esters is 2. The van der Waals surface area contributed by atoms with Gasteiger partial charge in [0.25, 0.3) is 0 Å². The Morgan fingerprint density at radius 1 is 1.20 bits per heavy atom. The molecule has 1 aromatic rings. The monoisotopic (exact) mass is 208 g/mol. The first-order chi connectivity index (χ1) is 7.19. The van der Waals surface area contributed by atoms with E-state index in [4.69, 9.17) is 4.42 Å². The summed E-state index contributed by atoms with van der Waals surface area (Å²) < 4.78 is 13.7. The molecule has 0 atom stereocenters. The van der Waals surface area contributed by atoms with Crippen molar-refractivity contribution in [3.8, 4) is 0 Å². The normalized spacial score (nSPS) is 9.07. The van der Waals surface area contributed by atoms with E-state index in [1.54, 1.807) is 0 Å². The highest BCUT2D eigenvalue weighted by atomic mass is 16.5. The van der Waals surface area contributed by atoms with Gasteiger partial charge in [0.05, 0.1) is 18.1 Å². The predicted octanol–water partition coefficient (Wildman–Crippen LogP) is 1.88. The molecule has 0 amide bonds. The summed E-state index contributed by atoms with van der Waals surface area (Å²) in [6.07, 6.45) is 3.04. The summed E-state index contributed by atoms with van der Waals surface area (Å²) in [6.45, 7) is 6.43. The second-order valence-corrected chi connectivity index (χ2v) is 2.34. The van der Waals surface area contributed by atoms with E-state index < -0.39 is 11.9 Å². The van der Waals surface area contributed by atoms with Gasteiger partial charge in [-0.1, -0.05) is 13.2 Å². The van der Waals surface area contributed by atoms with E-state index in [0.29, 0.717) is 0 Å². The Morgan fingerprint density at radius 3 is 2.40 bits per heavy atom. The van der Waals surface area contributed by atoms with Crippen LogP contribution in [0.2, 0.25) is 0 Å². The molecular formula is C10H8O5. The smallest absolute Gasteiger partial charge is 0.379 e. The number of hydrogen-bond donors (Lipinski definition) is 0. The Morgan fingerprint density at radius 2 is 1.80 bits per heavy atom. The van der Waals surface area contributed by atoms with Gasteiger partial charge in [0, 0.05) is 6.07 Å². The lowest BCUT2D eigenvalue weighted by atomic mass is 10.3. The molecule has 0 saturated heterocycles. The molecule has 0 radical (unpaired) electrons. The Kier molecular flexibility index (Phi) is 3.45. The van der Waals surface area contributed by atoms with Gasteiger partial charge < -0.3 is 13.9 Å². The highest BCUT2D eigenvalue weighted by Crippen LogP contribution is 2.10. The second-order valence-electron chi connectivity index (χ2n) is 2.34. The predicted molar refractivity (Wildman–Crippen MR) is 49.9 cm³/mol. The van der Waals surface area contributed by atoms with Crippen molar-refractivity contribution in [3.05, 3.63) is 49.3 Å². The molecule has 0 spiro atoms. The van der Waals surface area contributed by atoms with Crippen LogP contribution >= 0.6 is 0 Å². The zero-order valence-electron chi connectivity index (χ0n) is 7.76. The van der Waals surface area contributed by atoms with Crippen LogP contribution in [0.25, 0.3) is 0 Å². The van der Waals surface area contributed by atoms with Crippen molar-refractivity contribution in [3.63, 3.8) is 0 Å². The lowest BCUT2D eigenvalue weighted by Gasteiger charge is -1.92. The molecule has 15 heavy (non-hydrogen) atoms. The summed E-state index contributed by atoms with van der Waals surface area (Å²) in [5, 5.41) is 0. The minimum Gasteiger partial charge on any atom is -0.456 e. The minimum atomic E-state index is -0.734. The highest BCUT2D eigenvalue weighted by Gasteiger charge is 2.16. The van der Waals surface area contributed by atoms with Crippen molar-refractivity contribution in [2.45, 2.75) is 0 Å². The first-order valence-corrected chi connectivity index (χ1v) is 3.91. The quantitative estimate of drug-likeness (QED) is 0.558. The molecule has 0 aromatic carbocycles. The van der Waals surface area contributed by atoms with Crippen LogP contribution in [0.15, 0.2) is 42.4 Å². The van der Waals surface area contributed by atoms with E-state index in [-0.39, 0.29) is 11.3 Å². The Labute approximate surface area is 85.6 Å². The van der Waals surface area contributed by atoms with Gasteiger partial charge in [-0.3, -0.25) is 0 Å². The van der Waals surface area contributed by atoms with E-state index in [1.807, 2.05) is 0 Å². The van der Waals surface area contributed by atoms with Crippen LogP contribution in [-0.2, 0) is 9.47 Å². The summed E-state index contributed by atoms with van der Waals surface area (Å²) in [5.41, 5.74) is 0.103. The van der Waals surface area contributed by atoms with Crippen LogP contribution in [0.5, 0.6) is 0 Å². The van der Waals surface area contributed by atoms with E-state index in [2.05, 4.69) is 22.6 Å². The fraction of sp³-hybridized carbons (Fsp3) is 0. The third-order valence-corrected chi connectivity index (χ3v) is 1.42. The van der Waals surface area contributed by atoms with Crippen molar-refractivity contribution < 1.29 is 23.5 Å². The summed E-state index contributed by atoms with van der Waals surface area (Å²) in [6, 6.07) is 1.21. The maximum absolute atomic E-state index is 11.1. The van der Waals surface area contributed by atoms with E-state index in [9.17, 15) is 9.59 Å². The Bertz CT molecular complexity index is 365. The van der Waals surface area contributed by atoms with Gasteiger partial charge in [0.2, 0.25) is 5.76 Å². The zero-order chi connectivity index (χ0) is 11.3. The largest absolute Gasteiger partial charge is 0.456 e. The van der Waals surface area contributed by atoms with Gasteiger partial charge in [0.15, 0.2) is 0 Å². The molecule has 0 bridgehead atoms. The van der Waals surface area contributed by atoms with Gasteiger partial charge >= 0.3 is 11.9 Å². The molecule has 1 aromatic heterocycles. The summed E-state index contributed by atoms with van der Waals surface area (Å²) in [7, 11) is 0. The van der Waals surface area contributed by atoms with E-state index in [0.717, 1.165) is 18.8 Å². The van der Waals surface area contributed by atoms with Crippen molar-refractivity contribution in [1.29, 1.82) is 0 Å². The number of hydrogen-bond acceptors (Lipinski definition) is 5. The average Bonchev–Trinajstić information content (AvgIpc) is 2.67. The van der Waals surface area contributed by atoms with Gasteiger partial charge in [-0.2, -0.15) is 0 Å². The van der Waals surface area contributed by atoms with Gasteiger partial charge in [0.1, 0.15) is 6.26 Å². The molecule has 0 saturated carbocycles. The summed E-state index contributed by atoms with van der Waals surface area (Å²) in [4.78, 5) is 22.2. The standard InChI is InChI=1S/C10H8O5/c1-3-13-9(11)7-5-8(15-6-7)10(12)14-4-2/h3-6H,1-2H2. The lowest BCUT2D eigenvalue weighted by Crippen LogP contribution is -2.00. The molecule has 0 N–H and O–H groups in total. The molecule has 0 fully saturated rings. The zero-order valence-corrected chi connectivity index (χ0v) is 7.76. The van der Waals surface area contributed by atoms with Crippen LogP contribution in [0.3, 0.4) is 0 Å². The maximum atomic E-state index is 11.1. The molecule has 5 nitrogen and oxygen atoms in total. The van der Waals surface area contributed by atoms with Gasteiger partial charge in [-0.25, -0.2) is 9.59 Å². The molecule has 5 heteroatoms. The summed E-state index contributed by atoms with van der Waals surface area (Å²) >= 11 is 0. The van der Waals surface area contributed by atoms with Crippen LogP contribution in [-0.4, -0.2) is 11.9 Å². The number of carbonyl (C=O) groups excluding carboxylic acids is 2. The van der Waals surface area contributed by atoms with Crippen LogP contribution in [0, 0.1) is 0 Å². The van der Waals surface area contributed by atoms with Gasteiger partial charge in [-0.15, -0.1) is 0 Å². The molecule has 0 aliphatic rings.